The first-order valence-electron chi connectivity index (χ1n) is 5.21. The van der Waals surface area contributed by atoms with E-state index in [1.54, 1.807) is 0 Å². The molecular weight excluding hydrogens is 331 g/mol. The minimum atomic E-state index is -4.45. The Labute approximate surface area is 115 Å². The highest BCUT2D eigenvalue weighted by molar-refractivity contribution is 9.10. The molecule has 0 bridgehead atoms. The Bertz CT molecular complexity index is 451. The van der Waals surface area contributed by atoms with Crippen LogP contribution in [0.3, 0.4) is 0 Å². The van der Waals surface area contributed by atoms with Crippen LogP contribution in [0.2, 0.25) is 0 Å². The maximum Gasteiger partial charge on any atom is 0.422 e. The molecule has 8 heteroatoms. The number of aliphatic hydroxyl groups excluding tert-OH is 1. The second kappa shape index (κ2) is 6.76. The number of ether oxygens (including phenoxy) is 1. The lowest BCUT2D eigenvalue weighted by Gasteiger charge is -2.12. The number of amides is 1. The maximum absolute atomic E-state index is 12.1. The van der Waals surface area contributed by atoms with Crippen LogP contribution in [0.25, 0.3) is 0 Å². The molecule has 0 aliphatic rings. The van der Waals surface area contributed by atoms with Crippen LogP contribution in [0.1, 0.15) is 10.4 Å². The lowest BCUT2D eigenvalue weighted by molar-refractivity contribution is -0.153. The highest BCUT2D eigenvalue weighted by atomic mass is 79.9. The Morgan fingerprint density at radius 3 is 2.68 bits per heavy atom. The van der Waals surface area contributed by atoms with E-state index < -0.39 is 18.7 Å². The van der Waals surface area contributed by atoms with Gasteiger partial charge in [0, 0.05) is 12.1 Å². The molecule has 0 heterocycles. The Hall–Kier alpha value is -1.28. The van der Waals surface area contributed by atoms with Crippen molar-refractivity contribution >= 4 is 21.8 Å². The van der Waals surface area contributed by atoms with Crippen LogP contribution in [0, 0.1) is 0 Å². The normalized spacial score (nSPS) is 11.2. The van der Waals surface area contributed by atoms with E-state index in [9.17, 15) is 18.0 Å². The van der Waals surface area contributed by atoms with E-state index in [1.165, 1.54) is 18.2 Å². The van der Waals surface area contributed by atoms with Gasteiger partial charge in [-0.25, -0.2) is 0 Å². The lowest BCUT2D eigenvalue weighted by atomic mass is 10.2. The Kier molecular flexibility index (Phi) is 5.61. The van der Waals surface area contributed by atoms with Crippen molar-refractivity contribution in [2.24, 2.45) is 0 Å². The van der Waals surface area contributed by atoms with Gasteiger partial charge in [0.25, 0.3) is 5.91 Å². The molecule has 1 aromatic carbocycles. The predicted octanol–water partition coefficient (Wildman–Crippen LogP) is 2.11. The van der Waals surface area contributed by atoms with Crippen LogP contribution < -0.4 is 10.1 Å². The van der Waals surface area contributed by atoms with E-state index >= 15 is 0 Å². The summed E-state index contributed by atoms with van der Waals surface area (Å²) < 4.78 is 41.1. The number of alkyl halides is 3. The summed E-state index contributed by atoms with van der Waals surface area (Å²) in [6.07, 6.45) is -4.45. The van der Waals surface area contributed by atoms with E-state index in [0.29, 0.717) is 4.47 Å². The second-order valence-corrected chi connectivity index (χ2v) is 4.38. The monoisotopic (exact) mass is 341 g/mol. The average Bonchev–Trinajstić information content (AvgIpc) is 2.34. The van der Waals surface area contributed by atoms with Gasteiger partial charge < -0.3 is 15.2 Å². The number of carbonyl (C=O) groups excluding carboxylic acids is 1. The van der Waals surface area contributed by atoms with E-state index in [4.69, 9.17) is 5.11 Å². The molecule has 1 aromatic rings. The number of hydrogen-bond donors (Lipinski definition) is 2. The molecule has 2 N–H and O–H groups in total. The summed E-state index contributed by atoms with van der Waals surface area (Å²) in [5.41, 5.74) is 0.147. The lowest BCUT2D eigenvalue weighted by Crippen LogP contribution is -2.26. The first-order valence-corrected chi connectivity index (χ1v) is 6.01. The van der Waals surface area contributed by atoms with Crippen LogP contribution in [-0.4, -0.2) is 36.9 Å². The third-order valence-corrected chi connectivity index (χ3v) is 2.64. The molecule has 1 rings (SSSR count). The largest absolute Gasteiger partial charge is 0.483 e. The number of aliphatic hydroxyl groups is 1. The zero-order chi connectivity index (χ0) is 14.5. The van der Waals surface area contributed by atoms with Crippen molar-refractivity contribution in [3.8, 4) is 5.75 Å². The molecule has 0 fully saturated rings. The molecule has 0 aliphatic heterocycles. The molecule has 4 nitrogen and oxygen atoms in total. The number of halogens is 4. The van der Waals surface area contributed by atoms with Gasteiger partial charge in [0.05, 0.1) is 11.1 Å². The Morgan fingerprint density at radius 2 is 2.11 bits per heavy atom. The van der Waals surface area contributed by atoms with Crippen molar-refractivity contribution in [1.29, 1.82) is 0 Å². The van der Waals surface area contributed by atoms with Crippen LogP contribution in [0.4, 0.5) is 13.2 Å². The first-order chi connectivity index (χ1) is 8.83. The number of benzene rings is 1. The standard InChI is InChI=1S/C11H11BrF3NO3/c12-8-2-1-7(10(18)16-3-4-17)5-9(8)19-6-11(13,14)15/h1-2,5,17H,3-4,6H2,(H,16,18). The van der Waals surface area contributed by atoms with Crippen molar-refractivity contribution in [3.05, 3.63) is 28.2 Å². The van der Waals surface area contributed by atoms with Crippen LogP contribution >= 0.6 is 15.9 Å². The van der Waals surface area contributed by atoms with Gasteiger partial charge in [-0.2, -0.15) is 13.2 Å². The summed E-state index contributed by atoms with van der Waals surface area (Å²) in [4.78, 5) is 11.6. The molecule has 0 saturated carbocycles. The van der Waals surface area contributed by atoms with Crippen molar-refractivity contribution in [2.45, 2.75) is 6.18 Å². The third kappa shape index (κ3) is 5.48. The van der Waals surface area contributed by atoms with Crippen LogP contribution in [0.5, 0.6) is 5.75 Å². The SMILES string of the molecule is O=C(NCCO)c1ccc(Br)c(OCC(F)(F)F)c1. The molecule has 0 unspecified atom stereocenters. The fourth-order valence-corrected chi connectivity index (χ4v) is 1.55. The van der Waals surface area contributed by atoms with E-state index in [2.05, 4.69) is 26.0 Å². The fourth-order valence-electron chi connectivity index (χ4n) is 1.19. The van der Waals surface area contributed by atoms with Gasteiger partial charge in [0.1, 0.15) is 5.75 Å². The first kappa shape index (κ1) is 15.8. The zero-order valence-corrected chi connectivity index (χ0v) is 11.2. The van der Waals surface area contributed by atoms with Crippen molar-refractivity contribution < 1.29 is 27.8 Å². The van der Waals surface area contributed by atoms with E-state index in [1.807, 2.05) is 0 Å². The summed E-state index contributed by atoms with van der Waals surface area (Å²) in [5, 5.41) is 10.9. The van der Waals surface area contributed by atoms with Crippen molar-refractivity contribution in [3.63, 3.8) is 0 Å². The second-order valence-electron chi connectivity index (χ2n) is 3.53. The molecule has 0 aromatic heterocycles. The Balaban J connectivity index is 2.79. The maximum atomic E-state index is 12.1. The quantitative estimate of drug-likeness (QED) is 0.862. The molecule has 1 amide bonds. The van der Waals surface area contributed by atoms with Crippen molar-refractivity contribution in [1.82, 2.24) is 5.32 Å². The van der Waals surface area contributed by atoms with Gasteiger partial charge in [-0.15, -0.1) is 0 Å². The summed E-state index contributed by atoms with van der Waals surface area (Å²) >= 11 is 3.04. The smallest absolute Gasteiger partial charge is 0.422 e. The number of carbonyl (C=O) groups is 1. The van der Waals surface area contributed by atoms with Gasteiger partial charge in [0.15, 0.2) is 6.61 Å². The molecular formula is C11H11BrF3NO3. The van der Waals surface area contributed by atoms with Crippen molar-refractivity contribution in [2.75, 3.05) is 19.8 Å². The minimum Gasteiger partial charge on any atom is -0.483 e. The minimum absolute atomic E-state index is 0.0631. The van der Waals surface area contributed by atoms with E-state index in [-0.39, 0.29) is 24.5 Å². The summed E-state index contributed by atoms with van der Waals surface area (Å²) in [6, 6.07) is 4.04. The molecule has 106 valence electrons. The molecule has 0 saturated heterocycles. The van der Waals surface area contributed by atoms with Gasteiger partial charge in [-0.1, -0.05) is 0 Å². The Morgan fingerprint density at radius 1 is 1.42 bits per heavy atom. The highest BCUT2D eigenvalue weighted by Gasteiger charge is 2.28. The number of nitrogens with one attached hydrogen (secondary N) is 1. The predicted molar refractivity (Wildman–Crippen MR) is 65.1 cm³/mol. The average molecular weight is 342 g/mol. The summed E-state index contributed by atoms with van der Waals surface area (Å²) in [7, 11) is 0. The number of rotatable bonds is 5. The molecule has 0 radical (unpaired) electrons. The topological polar surface area (TPSA) is 58.6 Å². The molecule has 0 aliphatic carbocycles. The molecule has 0 spiro atoms. The van der Waals surface area contributed by atoms with Crippen LogP contribution in [-0.2, 0) is 0 Å². The molecule has 19 heavy (non-hydrogen) atoms. The molecule has 0 atom stereocenters. The van der Waals surface area contributed by atoms with Crippen LogP contribution in [0.15, 0.2) is 22.7 Å². The van der Waals surface area contributed by atoms with Gasteiger partial charge in [-0.05, 0) is 34.1 Å². The highest BCUT2D eigenvalue weighted by Crippen LogP contribution is 2.28. The fraction of sp³-hybridized carbons (Fsp3) is 0.364. The van der Waals surface area contributed by atoms with E-state index in [0.717, 1.165) is 0 Å². The third-order valence-electron chi connectivity index (χ3n) is 1.98. The van der Waals surface area contributed by atoms with Gasteiger partial charge >= 0.3 is 6.18 Å². The summed E-state index contributed by atoms with van der Waals surface area (Å²) in [6.45, 7) is -1.60. The number of hydrogen-bond acceptors (Lipinski definition) is 3. The van der Waals surface area contributed by atoms with Gasteiger partial charge in [-0.3, -0.25) is 4.79 Å². The zero-order valence-electron chi connectivity index (χ0n) is 9.63. The van der Waals surface area contributed by atoms with Gasteiger partial charge in [0.2, 0.25) is 0 Å². The summed E-state index contributed by atoms with van der Waals surface area (Å²) in [5.74, 6) is -0.576.